The van der Waals surface area contributed by atoms with Gasteiger partial charge in [0, 0.05) is 12.1 Å². The lowest BCUT2D eigenvalue weighted by Gasteiger charge is -2.38. The SMILES string of the molecule is Cc1cc2c(cc1F)CCOC2(C)CC1CCC(C)N1. The molecule has 2 aliphatic rings. The van der Waals surface area contributed by atoms with Crippen molar-refractivity contribution in [2.75, 3.05) is 6.61 Å². The lowest BCUT2D eigenvalue weighted by Crippen LogP contribution is -2.40. The van der Waals surface area contributed by atoms with Crippen LogP contribution < -0.4 is 5.32 Å². The fourth-order valence-corrected chi connectivity index (χ4v) is 3.71. The van der Waals surface area contributed by atoms with E-state index in [1.165, 1.54) is 18.4 Å². The highest BCUT2D eigenvalue weighted by atomic mass is 19.1. The summed E-state index contributed by atoms with van der Waals surface area (Å²) in [6, 6.07) is 4.80. The molecule has 110 valence electrons. The Hall–Kier alpha value is -0.930. The molecule has 2 nitrogen and oxygen atoms in total. The third-order valence-corrected chi connectivity index (χ3v) is 4.85. The normalized spacial score (nSPS) is 33.2. The van der Waals surface area contributed by atoms with E-state index in [9.17, 15) is 4.39 Å². The van der Waals surface area contributed by atoms with E-state index >= 15 is 0 Å². The Morgan fingerprint density at radius 1 is 1.40 bits per heavy atom. The van der Waals surface area contributed by atoms with Crippen molar-refractivity contribution in [3.05, 3.63) is 34.6 Å². The number of aryl methyl sites for hydroxylation is 1. The van der Waals surface area contributed by atoms with Crippen molar-refractivity contribution in [2.24, 2.45) is 0 Å². The van der Waals surface area contributed by atoms with Crippen LogP contribution in [0.1, 0.15) is 49.8 Å². The van der Waals surface area contributed by atoms with Gasteiger partial charge in [-0.2, -0.15) is 0 Å². The van der Waals surface area contributed by atoms with E-state index in [4.69, 9.17) is 4.74 Å². The predicted octanol–water partition coefficient (Wildman–Crippen LogP) is 3.45. The maximum absolute atomic E-state index is 13.8. The first-order chi connectivity index (χ1) is 9.48. The Kier molecular flexibility index (Phi) is 3.59. The van der Waals surface area contributed by atoms with Gasteiger partial charge in [-0.1, -0.05) is 6.07 Å². The lowest BCUT2D eigenvalue weighted by molar-refractivity contribution is -0.0576. The highest BCUT2D eigenvalue weighted by Crippen LogP contribution is 2.39. The van der Waals surface area contributed by atoms with E-state index in [2.05, 4.69) is 19.2 Å². The summed E-state index contributed by atoms with van der Waals surface area (Å²) in [6.07, 6.45) is 4.22. The van der Waals surface area contributed by atoms with E-state index in [0.29, 0.717) is 24.3 Å². The van der Waals surface area contributed by atoms with Crippen LogP contribution >= 0.6 is 0 Å². The molecule has 1 N–H and O–H groups in total. The number of ether oxygens (including phenoxy) is 1. The maximum atomic E-state index is 13.8. The first-order valence-corrected chi connectivity index (χ1v) is 7.67. The second-order valence-corrected chi connectivity index (χ2v) is 6.63. The summed E-state index contributed by atoms with van der Waals surface area (Å²) in [5.41, 5.74) is 2.73. The number of halogens is 1. The third-order valence-electron chi connectivity index (χ3n) is 4.85. The van der Waals surface area contributed by atoms with E-state index < -0.39 is 0 Å². The first kappa shape index (κ1) is 14.0. The van der Waals surface area contributed by atoms with Crippen LogP contribution in [-0.4, -0.2) is 18.7 Å². The van der Waals surface area contributed by atoms with Gasteiger partial charge in [0.1, 0.15) is 5.82 Å². The smallest absolute Gasteiger partial charge is 0.126 e. The minimum Gasteiger partial charge on any atom is -0.370 e. The van der Waals surface area contributed by atoms with Gasteiger partial charge >= 0.3 is 0 Å². The molecule has 1 fully saturated rings. The number of hydrogen-bond donors (Lipinski definition) is 1. The van der Waals surface area contributed by atoms with Gasteiger partial charge in [0.2, 0.25) is 0 Å². The Morgan fingerprint density at radius 2 is 2.20 bits per heavy atom. The molecule has 2 heterocycles. The zero-order valence-corrected chi connectivity index (χ0v) is 12.6. The van der Waals surface area contributed by atoms with Crippen LogP contribution in [0.2, 0.25) is 0 Å². The number of nitrogens with one attached hydrogen (secondary N) is 1. The minimum absolute atomic E-state index is 0.0967. The number of benzene rings is 1. The number of fused-ring (bicyclic) bond motifs is 1. The highest BCUT2D eigenvalue weighted by Gasteiger charge is 2.37. The molecule has 2 aliphatic heterocycles. The zero-order valence-electron chi connectivity index (χ0n) is 12.6. The fourth-order valence-electron chi connectivity index (χ4n) is 3.71. The monoisotopic (exact) mass is 277 g/mol. The molecule has 3 heteroatoms. The maximum Gasteiger partial charge on any atom is 0.126 e. The molecule has 3 atom stereocenters. The van der Waals surface area contributed by atoms with Gasteiger partial charge in [0.15, 0.2) is 0 Å². The van der Waals surface area contributed by atoms with Crippen LogP contribution in [0.3, 0.4) is 0 Å². The summed E-state index contributed by atoms with van der Waals surface area (Å²) in [6.45, 7) is 6.92. The molecular weight excluding hydrogens is 253 g/mol. The zero-order chi connectivity index (χ0) is 14.3. The van der Waals surface area contributed by atoms with Gasteiger partial charge in [-0.25, -0.2) is 4.39 Å². The molecule has 0 amide bonds. The van der Waals surface area contributed by atoms with Crippen LogP contribution in [0.15, 0.2) is 12.1 Å². The average Bonchev–Trinajstić information content (AvgIpc) is 2.77. The molecule has 1 saturated heterocycles. The summed E-state index contributed by atoms with van der Waals surface area (Å²) < 4.78 is 19.9. The molecule has 0 aliphatic carbocycles. The summed E-state index contributed by atoms with van der Waals surface area (Å²) in [5.74, 6) is -0.0967. The average molecular weight is 277 g/mol. The Labute approximate surface area is 120 Å². The van der Waals surface area contributed by atoms with Crippen LogP contribution in [0.5, 0.6) is 0 Å². The molecule has 3 rings (SSSR count). The van der Waals surface area contributed by atoms with Crippen LogP contribution in [-0.2, 0) is 16.8 Å². The van der Waals surface area contributed by atoms with Crippen molar-refractivity contribution in [1.29, 1.82) is 0 Å². The van der Waals surface area contributed by atoms with Crippen molar-refractivity contribution in [3.8, 4) is 0 Å². The molecule has 3 unspecified atom stereocenters. The topological polar surface area (TPSA) is 21.3 Å². The van der Waals surface area contributed by atoms with Crippen molar-refractivity contribution < 1.29 is 9.13 Å². The molecule has 0 saturated carbocycles. The van der Waals surface area contributed by atoms with Gasteiger partial charge in [-0.3, -0.25) is 0 Å². The van der Waals surface area contributed by atoms with E-state index in [1.807, 2.05) is 13.0 Å². The Balaban J connectivity index is 1.89. The van der Waals surface area contributed by atoms with Gasteiger partial charge in [-0.15, -0.1) is 0 Å². The molecule has 0 bridgehead atoms. The lowest BCUT2D eigenvalue weighted by atomic mass is 9.82. The standard InChI is InChI=1S/C17H24FNO/c1-11-8-15-13(9-16(11)18)6-7-20-17(15,3)10-14-5-4-12(2)19-14/h8-9,12,14,19H,4-7,10H2,1-3H3. The fraction of sp³-hybridized carbons (Fsp3) is 0.647. The minimum atomic E-state index is -0.284. The molecule has 0 radical (unpaired) electrons. The molecule has 1 aromatic carbocycles. The molecule has 20 heavy (non-hydrogen) atoms. The van der Waals surface area contributed by atoms with Gasteiger partial charge in [0.05, 0.1) is 12.2 Å². The van der Waals surface area contributed by atoms with E-state index in [-0.39, 0.29) is 11.4 Å². The first-order valence-electron chi connectivity index (χ1n) is 7.67. The third kappa shape index (κ3) is 2.49. The number of rotatable bonds is 2. The largest absolute Gasteiger partial charge is 0.370 e. The number of hydrogen-bond acceptors (Lipinski definition) is 2. The van der Waals surface area contributed by atoms with Gasteiger partial charge in [-0.05, 0) is 69.2 Å². The van der Waals surface area contributed by atoms with E-state index in [1.54, 1.807) is 6.07 Å². The summed E-state index contributed by atoms with van der Waals surface area (Å²) >= 11 is 0. The summed E-state index contributed by atoms with van der Waals surface area (Å²) in [5, 5.41) is 3.63. The van der Waals surface area contributed by atoms with E-state index in [0.717, 1.165) is 18.4 Å². The van der Waals surface area contributed by atoms with Gasteiger partial charge < -0.3 is 10.1 Å². The van der Waals surface area contributed by atoms with Crippen molar-refractivity contribution in [1.82, 2.24) is 5.32 Å². The molecule has 1 aromatic rings. The second-order valence-electron chi connectivity index (χ2n) is 6.63. The Bertz CT molecular complexity index is 516. The van der Waals surface area contributed by atoms with Crippen molar-refractivity contribution in [3.63, 3.8) is 0 Å². The van der Waals surface area contributed by atoms with Crippen LogP contribution in [0.25, 0.3) is 0 Å². The molecule has 0 spiro atoms. The van der Waals surface area contributed by atoms with Crippen LogP contribution in [0, 0.1) is 12.7 Å². The second kappa shape index (κ2) is 5.12. The highest BCUT2D eigenvalue weighted by molar-refractivity contribution is 5.38. The van der Waals surface area contributed by atoms with Crippen LogP contribution in [0.4, 0.5) is 4.39 Å². The van der Waals surface area contributed by atoms with Crippen molar-refractivity contribution in [2.45, 2.75) is 64.1 Å². The van der Waals surface area contributed by atoms with Crippen molar-refractivity contribution >= 4 is 0 Å². The van der Waals surface area contributed by atoms with Gasteiger partial charge in [0.25, 0.3) is 0 Å². The molecular formula is C17H24FNO. The molecule has 0 aromatic heterocycles. The summed E-state index contributed by atoms with van der Waals surface area (Å²) in [7, 11) is 0. The predicted molar refractivity (Wildman–Crippen MR) is 78.4 cm³/mol. The Morgan fingerprint density at radius 3 is 2.90 bits per heavy atom. The summed E-state index contributed by atoms with van der Waals surface area (Å²) in [4.78, 5) is 0. The quantitative estimate of drug-likeness (QED) is 0.894.